The molecule has 2 aliphatic carbocycles. The Morgan fingerprint density at radius 2 is 0.582 bits per heavy atom. The van der Waals surface area contributed by atoms with Crippen LogP contribution < -0.4 is 4.90 Å². The van der Waals surface area contributed by atoms with Gasteiger partial charge in [-0.2, -0.15) is 0 Å². The molecule has 6 aromatic rings. The lowest BCUT2D eigenvalue weighted by atomic mass is 9.68. The van der Waals surface area contributed by atoms with Gasteiger partial charge in [-0.1, -0.05) is 291 Å². The van der Waals surface area contributed by atoms with E-state index in [9.17, 15) is 0 Å². The second-order valence-electron chi connectivity index (χ2n) is 25.2. The number of fused-ring (bicyclic) bond motifs is 6. The second-order valence-corrected chi connectivity index (χ2v) is 25.2. The standard InChI is InChI=1S/C54H82.C24H27N/c1-7-11-15-19-23-27-35-53(36-28-24-20-16-12-8-2)49-39-43(5)31-33-45(49)47-42-52-48(41-51(47)53)46-34-32-44(6)40-50(46)54(52,37-29-25-21-17-13-9-3)38-30-26-22-18-14-10-4;1-5-20(4)21-10-16-24(17-11-21)25(22-12-6-18(2)7-13-22)23-14-8-19(3)9-15-23/h31-34,39-42H,7-30,35-38H2,1-6H3;6-17,20H,5H2,1-4H3. The van der Waals surface area contributed by atoms with E-state index in [2.05, 4.69) is 195 Å². The quantitative estimate of drug-likeness (QED) is 0.0371. The highest BCUT2D eigenvalue weighted by atomic mass is 15.1. The van der Waals surface area contributed by atoms with Gasteiger partial charge in [-0.25, -0.2) is 0 Å². The van der Waals surface area contributed by atoms with E-state index in [4.69, 9.17) is 0 Å². The highest BCUT2D eigenvalue weighted by Gasteiger charge is 2.48. The third-order valence-electron chi connectivity index (χ3n) is 18.9. The van der Waals surface area contributed by atoms with Crippen LogP contribution >= 0.6 is 0 Å². The topological polar surface area (TPSA) is 3.24 Å². The van der Waals surface area contributed by atoms with Gasteiger partial charge in [0.05, 0.1) is 0 Å². The van der Waals surface area contributed by atoms with E-state index in [0.29, 0.717) is 5.92 Å². The third kappa shape index (κ3) is 15.8. The van der Waals surface area contributed by atoms with Crippen molar-refractivity contribution in [2.24, 2.45) is 0 Å². The summed E-state index contributed by atoms with van der Waals surface area (Å²) >= 11 is 0. The minimum Gasteiger partial charge on any atom is -0.311 e. The third-order valence-corrected chi connectivity index (χ3v) is 18.9. The van der Waals surface area contributed by atoms with E-state index in [-0.39, 0.29) is 10.8 Å². The summed E-state index contributed by atoms with van der Waals surface area (Å²) in [5, 5.41) is 0. The first-order valence-corrected chi connectivity index (χ1v) is 33.0. The summed E-state index contributed by atoms with van der Waals surface area (Å²) < 4.78 is 0. The van der Waals surface area contributed by atoms with Crippen molar-refractivity contribution >= 4 is 17.1 Å². The Morgan fingerprint density at radius 1 is 0.304 bits per heavy atom. The number of hydrogen-bond acceptors (Lipinski definition) is 1. The molecule has 0 spiro atoms. The number of unbranched alkanes of at least 4 members (excludes halogenated alkanes) is 20. The first kappa shape index (κ1) is 61.7. The van der Waals surface area contributed by atoms with Crippen molar-refractivity contribution in [3.63, 3.8) is 0 Å². The Hall–Kier alpha value is -4.88. The Morgan fingerprint density at radius 3 is 0.899 bits per heavy atom. The summed E-state index contributed by atoms with van der Waals surface area (Å²) in [4.78, 5) is 2.32. The Kier molecular flexibility index (Phi) is 24.5. The molecule has 1 atom stereocenters. The van der Waals surface area contributed by atoms with E-state index in [1.807, 2.05) is 0 Å². The largest absolute Gasteiger partial charge is 0.311 e. The van der Waals surface area contributed by atoms with Crippen molar-refractivity contribution in [1.29, 1.82) is 0 Å². The minimum absolute atomic E-state index is 0.135. The summed E-state index contributed by atoms with van der Waals surface area (Å²) in [5.41, 5.74) is 23.7. The fourth-order valence-electron chi connectivity index (χ4n) is 13.9. The minimum atomic E-state index is 0.135. The molecule has 1 heteroatoms. The van der Waals surface area contributed by atoms with Crippen LogP contribution in [-0.2, 0) is 10.8 Å². The Labute approximate surface area is 485 Å². The molecule has 0 aromatic heterocycles. The summed E-state index contributed by atoms with van der Waals surface area (Å²) in [7, 11) is 0. The molecular formula is C78H109N. The van der Waals surface area contributed by atoms with E-state index in [1.54, 1.807) is 44.5 Å². The van der Waals surface area contributed by atoms with Crippen molar-refractivity contribution in [1.82, 2.24) is 0 Å². The van der Waals surface area contributed by atoms with Gasteiger partial charge in [0.15, 0.2) is 0 Å². The van der Waals surface area contributed by atoms with Gasteiger partial charge in [0.2, 0.25) is 0 Å². The fraction of sp³-hybridized carbons (Fsp3) is 0.538. The average Bonchev–Trinajstić information content (AvgIpc) is 3.64. The summed E-state index contributed by atoms with van der Waals surface area (Å²) in [6.07, 6.45) is 39.3. The summed E-state index contributed by atoms with van der Waals surface area (Å²) in [5.74, 6) is 0.598. The first-order chi connectivity index (χ1) is 38.5. The molecule has 0 saturated carbocycles. The van der Waals surface area contributed by atoms with Gasteiger partial charge in [-0.3, -0.25) is 0 Å². The normalized spacial score (nSPS) is 13.8. The van der Waals surface area contributed by atoms with Crippen LogP contribution in [0.2, 0.25) is 0 Å². The molecule has 426 valence electrons. The van der Waals surface area contributed by atoms with E-state index >= 15 is 0 Å². The van der Waals surface area contributed by atoms with Crippen molar-refractivity contribution in [2.75, 3.05) is 4.90 Å². The van der Waals surface area contributed by atoms with Gasteiger partial charge < -0.3 is 4.90 Å². The Bertz CT molecular complexity index is 2520. The van der Waals surface area contributed by atoms with Crippen LogP contribution in [-0.4, -0.2) is 0 Å². The molecule has 0 heterocycles. The molecule has 0 N–H and O–H groups in total. The second kappa shape index (κ2) is 31.4. The molecule has 0 radical (unpaired) electrons. The predicted molar refractivity (Wildman–Crippen MR) is 350 cm³/mol. The molecule has 6 aromatic carbocycles. The van der Waals surface area contributed by atoms with Crippen LogP contribution in [0.5, 0.6) is 0 Å². The maximum Gasteiger partial charge on any atom is 0.0461 e. The Balaban J connectivity index is 0.000000300. The van der Waals surface area contributed by atoms with Crippen LogP contribution in [0.3, 0.4) is 0 Å². The highest BCUT2D eigenvalue weighted by molar-refractivity contribution is 5.90. The molecule has 0 fully saturated rings. The molecule has 0 amide bonds. The number of benzene rings is 6. The zero-order valence-corrected chi connectivity index (χ0v) is 52.1. The molecule has 79 heavy (non-hydrogen) atoms. The molecule has 8 rings (SSSR count). The molecular weight excluding hydrogens is 951 g/mol. The summed E-state index contributed by atoms with van der Waals surface area (Å²) in [6.45, 7) is 22.8. The fourth-order valence-corrected chi connectivity index (χ4v) is 13.9. The lowest BCUT2D eigenvalue weighted by molar-refractivity contribution is 0.394. The maximum absolute atomic E-state index is 2.81. The van der Waals surface area contributed by atoms with Crippen molar-refractivity contribution in [3.8, 4) is 22.3 Å². The molecule has 0 bridgehead atoms. The zero-order valence-electron chi connectivity index (χ0n) is 52.1. The lowest BCUT2D eigenvalue weighted by Crippen LogP contribution is -2.27. The predicted octanol–water partition coefficient (Wildman–Crippen LogP) is 25.1. The number of aryl methyl sites for hydroxylation is 4. The smallest absolute Gasteiger partial charge is 0.0461 e. The number of anilines is 3. The van der Waals surface area contributed by atoms with Gasteiger partial charge in [0.1, 0.15) is 0 Å². The zero-order chi connectivity index (χ0) is 56.0. The van der Waals surface area contributed by atoms with Crippen LogP contribution in [0.25, 0.3) is 22.3 Å². The molecule has 1 unspecified atom stereocenters. The highest BCUT2D eigenvalue weighted by Crippen LogP contribution is 2.61. The van der Waals surface area contributed by atoms with E-state index in [0.717, 1.165) is 0 Å². The SMILES string of the molecule is CCC(C)c1ccc(N(c2ccc(C)cc2)c2ccc(C)cc2)cc1.CCCCCCCCC1(CCCCCCCC)c2cc(C)ccc2-c2cc3c(cc21)-c1ccc(C)cc1C3(CCCCCCCC)CCCCCCCC. The lowest BCUT2D eigenvalue weighted by Gasteiger charge is -2.35. The molecule has 0 aliphatic heterocycles. The number of hydrogen-bond donors (Lipinski definition) is 0. The molecule has 1 nitrogen and oxygen atoms in total. The first-order valence-electron chi connectivity index (χ1n) is 33.0. The van der Waals surface area contributed by atoms with Gasteiger partial charge in [0.25, 0.3) is 0 Å². The van der Waals surface area contributed by atoms with Crippen LogP contribution in [0.15, 0.2) is 121 Å². The van der Waals surface area contributed by atoms with Gasteiger partial charge >= 0.3 is 0 Å². The van der Waals surface area contributed by atoms with Crippen LogP contribution in [0.4, 0.5) is 17.1 Å². The van der Waals surface area contributed by atoms with Gasteiger partial charge in [-0.05, 0) is 164 Å². The van der Waals surface area contributed by atoms with Crippen LogP contribution in [0, 0.1) is 27.7 Å². The van der Waals surface area contributed by atoms with Gasteiger partial charge in [0, 0.05) is 27.9 Å². The average molecular weight is 1060 g/mol. The van der Waals surface area contributed by atoms with Crippen molar-refractivity contribution in [2.45, 2.75) is 272 Å². The van der Waals surface area contributed by atoms with E-state index < -0.39 is 0 Å². The van der Waals surface area contributed by atoms with Crippen molar-refractivity contribution in [3.05, 3.63) is 171 Å². The molecule has 0 saturated heterocycles. The van der Waals surface area contributed by atoms with Gasteiger partial charge in [-0.15, -0.1) is 0 Å². The molecule has 2 aliphatic rings. The van der Waals surface area contributed by atoms with Crippen LogP contribution in [0.1, 0.15) is 284 Å². The maximum atomic E-state index is 2.81. The summed E-state index contributed by atoms with van der Waals surface area (Å²) in [6, 6.07) is 47.2. The number of nitrogens with zero attached hydrogens (tertiary/aromatic N) is 1. The van der Waals surface area contributed by atoms with E-state index in [1.165, 1.54) is 231 Å². The van der Waals surface area contributed by atoms with Crippen molar-refractivity contribution < 1.29 is 0 Å². The monoisotopic (exact) mass is 1060 g/mol. The number of rotatable bonds is 33.